The van der Waals surface area contributed by atoms with Gasteiger partial charge < -0.3 is 14.6 Å². The normalized spacial score (nSPS) is 17.7. The van der Waals surface area contributed by atoms with Gasteiger partial charge in [-0.25, -0.2) is 4.98 Å². The highest BCUT2D eigenvalue weighted by atomic mass is 16.5. The van der Waals surface area contributed by atoms with Crippen LogP contribution in [-0.2, 0) is 20.2 Å². The predicted molar refractivity (Wildman–Crippen MR) is 104 cm³/mol. The van der Waals surface area contributed by atoms with Crippen molar-refractivity contribution < 1.29 is 4.74 Å². The van der Waals surface area contributed by atoms with Crippen molar-refractivity contribution in [2.75, 3.05) is 19.6 Å². The maximum absolute atomic E-state index is 5.93. The minimum Gasteiger partial charge on any atom is -0.487 e. The molecule has 0 spiro atoms. The van der Waals surface area contributed by atoms with Gasteiger partial charge in [-0.1, -0.05) is 18.2 Å². The fourth-order valence-electron chi connectivity index (χ4n) is 3.50. The second-order valence-electron chi connectivity index (χ2n) is 6.84. The van der Waals surface area contributed by atoms with Crippen molar-refractivity contribution >= 4 is 0 Å². The molecule has 3 heterocycles. The number of aryl methyl sites for hydroxylation is 1. The van der Waals surface area contributed by atoms with E-state index in [0.717, 1.165) is 43.4 Å². The third-order valence-corrected chi connectivity index (χ3v) is 4.91. The smallest absolute Gasteiger partial charge is 0.130 e. The summed E-state index contributed by atoms with van der Waals surface area (Å²) in [5.74, 6) is 1.98. The van der Waals surface area contributed by atoms with Crippen molar-refractivity contribution in [1.29, 1.82) is 0 Å². The number of benzene rings is 1. The summed E-state index contributed by atoms with van der Waals surface area (Å²) in [6.45, 7) is 4.27. The van der Waals surface area contributed by atoms with Gasteiger partial charge in [-0.15, -0.1) is 0 Å². The molecule has 2 aromatic heterocycles. The SMILES string of the molecule is Cn1ccnc1C1CNCCN1Cc1cccc(OCc2ccccn2)c1. The molecule has 1 aliphatic heterocycles. The number of hydrogen-bond acceptors (Lipinski definition) is 5. The Bertz CT molecular complexity index is 864. The number of nitrogens with one attached hydrogen (secondary N) is 1. The van der Waals surface area contributed by atoms with Gasteiger partial charge in [-0.2, -0.15) is 0 Å². The lowest BCUT2D eigenvalue weighted by molar-refractivity contribution is 0.144. The number of aromatic nitrogens is 3. The fourth-order valence-corrected chi connectivity index (χ4v) is 3.50. The first-order chi connectivity index (χ1) is 13.3. The molecule has 1 atom stereocenters. The van der Waals surface area contributed by atoms with Crippen LogP contribution < -0.4 is 10.1 Å². The largest absolute Gasteiger partial charge is 0.487 e. The maximum Gasteiger partial charge on any atom is 0.130 e. The van der Waals surface area contributed by atoms with Crippen molar-refractivity contribution in [3.05, 3.63) is 78.1 Å². The van der Waals surface area contributed by atoms with Crippen LogP contribution in [0.3, 0.4) is 0 Å². The van der Waals surface area contributed by atoms with Crippen LogP contribution in [0.25, 0.3) is 0 Å². The highest BCUT2D eigenvalue weighted by molar-refractivity contribution is 5.29. The molecule has 0 aliphatic carbocycles. The van der Waals surface area contributed by atoms with Gasteiger partial charge in [0.05, 0.1) is 11.7 Å². The van der Waals surface area contributed by atoms with E-state index in [2.05, 4.69) is 50.0 Å². The summed E-state index contributed by atoms with van der Waals surface area (Å²) in [4.78, 5) is 11.4. The van der Waals surface area contributed by atoms with E-state index < -0.39 is 0 Å². The molecule has 6 heteroatoms. The monoisotopic (exact) mass is 363 g/mol. The summed E-state index contributed by atoms with van der Waals surface area (Å²) in [7, 11) is 2.06. The van der Waals surface area contributed by atoms with Crippen LogP contribution in [0, 0.1) is 0 Å². The minimum atomic E-state index is 0.275. The van der Waals surface area contributed by atoms with Gasteiger partial charge in [-0.3, -0.25) is 9.88 Å². The number of nitrogens with zero attached hydrogens (tertiary/aromatic N) is 4. The quantitative estimate of drug-likeness (QED) is 0.729. The average Bonchev–Trinajstić information content (AvgIpc) is 3.14. The number of ether oxygens (including phenoxy) is 1. The molecule has 0 amide bonds. The predicted octanol–water partition coefficient (Wildman–Crippen LogP) is 2.54. The number of hydrogen-bond donors (Lipinski definition) is 1. The third kappa shape index (κ3) is 4.35. The Morgan fingerprint density at radius 2 is 2.11 bits per heavy atom. The number of imidazole rings is 1. The van der Waals surface area contributed by atoms with E-state index in [1.54, 1.807) is 6.20 Å². The van der Waals surface area contributed by atoms with E-state index in [9.17, 15) is 0 Å². The molecule has 1 N–H and O–H groups in total. The number of piperazine rings is 1. The number of rotatable bonds is 6. The summed E-state index contributed by atoms with van der Waals surface area (Å²) < 4.78 is 8.04. The Kier molecular flexibility index (Phi) is 5.46. The summed E-state index contributed by atoms with van der Waals surface area (Å²) in [5, 5.41) is 3.49. The molecule has 0 radical (unpaired) electrons. The van der Waals surface area contributed by atoms with Crippen LogP contribution in [0.2, 0.25) is 0 Å². The highest BCUT2D eigenvalue weighted by Crippen LogP contribution is 2.24. The van der Waals surface area contributed by atoms with Crippen LogP contribution in [0.5, 0.6) is 5.75 Å². The van der Waals surface area contributed by atoms with Crippen LogP contribution in [0.1, 0.15) is 23.1 Å². The van der Waals surface area contributed by atoms with Crippen LogP contribution in [0.15, 0.2) is 61.1 Å². The fraction of sp³-hybridized carbons (Fsp3) is 0.333. The first-order valence-electron chi connectivity index (χ1n) is 9.33. The Morgan fingerprint density at radius 3 is 2.93 bits per heavy atom. The molecule has 0 bridgehead atoms. The van der Waals surface area contributed by atoms with Gasteiger partial charge in [0.2, 0.25) is 0 Å². The second kappa shape index (κ2) is 8.33. The standard InChI is InChI=1S/C21H25N5O/c1-25-11-10-24-21(25)20-14-22-9-12-26(20)15-17-5-4-7-19(13-17)27-16-18-6-2-3-8-23-18/h2-8,10-11,13,20,22H,9,12,14-16H2,1H3. The van der Waals surface area contributed by atoms with Gasteiger partial charge in [0, 0.05) is 51.8 Å². The molecule has 1 unspecified atom stereocenters. The van der Waals surface area contributed by atoms with Crippen molar-refractivity contribution in [3.8, 4) is 5.75 Å². The van der Waals surface area contributed by atoms with Crippen molar-refractivity contribution in [3.63, 3.8) is 0 Å². The molecule has 1 fully saturated rings. The third-order valence-electron chi connectivity index (χ3n) is 4.91. The molecular formula is C21H25N5O. The average molecular weight is 363 g/mol. The van der Waals surface area contributed by atoms with Crippen LogP contribution in [-0.4, -0.2) is 39.1 Å². The lowest BCUT2D eigenvalue weighted by Crippen LogP contribution is -2.46. The molecule has 27 heavy (non-hydrogen) atoms. The topological polar surface area (TPSA) is 55.2 Å². The molecule has 3 aromatic rings. The van der Waals surface area contributed by atoms with Crippen molar-refractivity contribution in [2.45, 2.75) is 19.2 Å². The molecule has 1 aliphatic rings. The molecular weight excluding hydrogens is 338 g/mol. The van der Waals surface area contributed by atoms with Gasteiger partial charge >= 0.3 is 0 Å². The summed E-state index contributed by atoms with van der Waals surface area (Å²) in [6, 6.07) is 14.5. The van der Waals surface area contributed by atoms with Gasteiger partial charge in [0.1, 0.15) is 18.2 Å². The maximum atomic E-state index is 5.93. The van der Waals surface area contributed by atoms with E-state index in [0.29, 0.717) is 6.61 Å². The molecule has 6 nitrogen and oxygen atoms in total. The van der Waals surface area contributed by atoms with Crippen molar-refractivity contribution in [2.24, 2.45) is 7.05 Å². The van der Waals surface area contributed by atoms with E-state index in [4.69, 9.17) is 4.74 Å². The molecule has 140 valence electrons. The van der Waals surface area contributed by atoms with E-state index in [1.807, 2.05) is 36.7 Å². The highest BCUT2D eigenvalue weighted by Gasteiger charge is 2.26. The molecule has 1 saturated heterocycles. The number of pyridine rings is 1. The van der Waals surface area contributed by atoms with Gasteiger partial charge in [0.15, 0.2) is 0 Å². The van der Waals surface area contributed by atoms with E-state index in [-0.39, 0.29) is 6.04 Å². The molecule has 4 rings (SSSR count). The second-order valence-corrected chi connectivity index (χ2v) is 6.84. The zero-order valence-electron chi connectivity index (χ0n) is 15.6. The first-order valence-corrected chi connectivity index (χ1v) is 9.33. The van der Waals surface area contributed by atoms with Gasteiger partial charge in [0.25, 0.3) is 0 Å². The summed E-state index contributed by atoms with van der Waals surface area (Å²) >= 11 is 0. The van der Waals surface area contributed by atoms with Gasteiger partial charge in [-0.05, 0) is 29.8 Å². The lowest BCUT2D eigenvalue weighted by atomic mass is 10.1. The van der Waals surface area contributed by atoms with E-state index in [1.165, 1.54) is 5.56 Å². The van der Waals surface area contributed by atoms with Crippen LogP contribution >= 0.6 is 0 Å². The minimum absolute atomic E-state index is 0.275. The summed E-state index contributed by atoms with van der Waals surface area (Å²) in [6.07, 6.45) is 5.67. The lowest BCUT2D eigenvalue weighted by Gasteiger charge is -2.35. The Labute approximate surface area is 159 Å². The van der Waals surface area contributed by atoms with E-state index >= 15 is 0 Å². The first kappa shape index (κ1) is 17.7. The Hall–Kier alpha value is -2.70. The molecule has 0 saturated carbocycles. The van der Waals surface area contributed by atoms with Crippen LogP contribution in [0.4, 0.5) is 0 Å². The zero-order valence-corrected chi connectivity index (χ0v) is 15.6. The molecule has 1 aromatic carbocycles. The van der Waals surface area contributed by atoms with Crippen molar-refractivity contribution in [1.82, 2.24) is 24.8 Å². The zero-order chi connectivity index (χ0) is 18.5. The Morgan fingerprint density at radius 1 is 1.15 bits per heavy atom. The summed E-state index contributed by atoms with van der Waals surface area (Å²) in [5.41, 5.74) is 2.18. The Balaban J connectivity index is 1.44.